The fraction of sp³-hybridized carbons (Fsp3) is 0.308. The molecule has 112 valence electrons. The number of carboxylic acid groups (broad SMARTS) is 1. The molecule has 1 heterocycles. The molecule has 0 radical (unpaired) electrons. The van der Waals surface area contributed by atoms with E-state index >= 15 is 0 Å². The second kappa shape index (κ2) is 6.12. The van der Waals surface area contributed by atoms with Gasteiger partial charge in [-0.15, -0.1) is 0 Å². The van der Waals surface area contributed by atoms with E-state index in [9.17, 15) is 14.4 Å². The van der Waals surface area contributed by atoms with Crippen molar-refractivity contribution in [2.75, 3.05) is 11.9 Å². The number of carboxylic acids is 1. The van der Waals surface area contributed by atoms with Crippen molar-refractivity contribution >= 4 is 23.5 Å². The van der Waals surface area contributed by atoms with E-state index in [2.05, 4.69) is 10.6 Å². The Morgan fingerprint density at radius 3 is 2.81 bits per heavy atom. The third-order valence-electron chi connectivity index (χ3n) is 2.95. The Bertz CT molecular complexity index is 575. The number of carbonyl (C=O) groups excluding carboxylic acids is 2. The molecular formula is C13H15N3O5. The van der Waals surface area contributed by atoms with Crippen molar-refractivity contribution in [3.8, 4) is 5.75 Å². The van der Waals surface area contributed by atoms with Crippen LogP contribution in [0.1, 0.15) is 6.42 Å². The van der Waals surface area contributed by atoms with E-state index in [-0.39, 0.29) is 6.54 Å². The summed E-state index contributed by atoms with van der Waals surface area (Å²) in [6.07, 6.45) is -1.35. The van der Waals surface area contributed by atoms with Gasteiger partial charge in [0.15, 0.2) is 6.10 Å². The SMILES string of the molecule is NC(=O)C[C@@H](NC(=O)C1CNc2ccccc2O1)C(=O)O. The van der Waals surface area contributed by atoms with Gasteiger partial charge in [0.05, 0.1) is 18.7 Å². The lowest BCUT2D eigenvalue weighted by Crippen LogP contribution is -2.51. The van der Waals surface area contributed by atoms with Gasteiger partial charge in [-0.25, -0.2) is 4.79 Å². The highest BCUT2D eigenvalue weighted by atomic mass is 16.5. The molecule has 8 nitrogen and oxygen atoms in total. The molecule has 0 bridgehead atoms. The van der Waals surface area contributed by atoms with Crippen LogP contribution in [0, 0.1) is 0 Å². The van der Waals surface area contributed by atoms with Gasteiger partial charge < -0.3 is 26.2 Å². The Hall–Kier alpha value is -2.77. The number of nitrogens with one attached hydrogen (secondary N) is 2. The molecule has 5 N–H and O–H groups in total. The summed E-state index contributed by atoms with van der Waals surface area (Å²) in [5.74, 6) is -2.25. The quantitative estimate of drug-likeness (QED) is 0.568. The van der Waals surface area contributed by atoms with Gasteiger partial charge in [-0.05, 0) is 12.1 Å². The largest absolute Gasteiger partial charge is 0.480 e. The maximum absolute atomic E-state index is 12.0. The summed E-state index contributed by atoms with van der Waals surface area (Å²) in [6.45, 7) is 0.200. The number of benzene rings is 1. The molecule has 0 saturated heterocycles. The van der Waals surface area contributed by atoms with Crippen LogP contribution in [0.25, 0.3) is 0 Å². The van der Waals surface area contributed by atoms with Gasteiger partial charge in [0, 0.05) is 0 Å². The molecule has 1 aromatic rings. The standard InChI is InChI=1S/C13H15N3O5/c14-11(17)5-8(13(19)20)16-12(18)10-6-15-7-3-1-2-4-9(7)21-10/h1-4,8,10,15H,5-6H2,(H2,14,17)(H,16,18)(H,19,20)/t8-,10?/m1/s1. The zero-order valence-corrected chi connectivity index (χ0v) is 11.0. The number of carbonyl (C=O) groups is 3. The molecule has 1 aliphatic rings. The molecule has 0 aromatic heterocycles. The van der Waals surface area contributed by atoms with Crippen LogP contribution in [0.2, 0.25) is 0 Å². The van der Waals surface area contributed by atoms with Crippen molar-refractivity contribution in [3.05, 3.63) is 24.3 Å². The molecule has 0 aliphatic carbocycles. The lowest BCUT2D eigenvalue weighted by molar-refractivity contribution is -0.144. The van der Waals surface area contributed by atoms with E-state index in [1.54, 1.807) is 18.2 Å². The summed E-state index contributed by atoms with van der Waals surface area (Å²) in [7, 11) is 0. The Balaban J connectivity index is 2.01. The third kappa shape index (κ3) is 3.62. The summed E-state index contributed by atoms with van der Waals surface area (Å²) >= 11 is 0. The molecule has 2 rings (SSSR count). The van der Waals surface area contributed by atoms with Gasteiger partial charge in [0.2, 0.25) is 5.91 Å². The van der Waals surface area contributed by atoms with Gasteiger partial charge >= 0.3 is 5.97 Å². The third-order valence-corrected chi connectivity index (χ3v) is 2.95. The Kier molecular flexibility index (Phi) is 4.27. The van der Waals surface area contributed by atoms with Gasteiger partial charge in [-0.1, -0.05) is 12.1 Å². The van der Waals surface area contributed by atoms with Crippen LogP contribution in [-0.4, -0.2) is 41.6 Å². The predicted octanol–water partition coefficient (Wildman–Crippen LogP) is -0.696. The van der Waals surface area contributed by atoms with Crippen LogP contribution < -0.4 is 21.1 Å². The molecule has 8 heteroatoms. The van der Waals surface area contributed by atoms with Crippen molar-refractivity contribution in [2.45, 2.75) is 18.6 Å². The molecule has 2 atom stereocenters. The number of anilines is 1. The average molecular weight is 293 g/mol. The van der Waals surface area contributed by atoms with E-state index in [4.69, 9.17) is 15.6 Å². The summed E-state index contributed by atoms with van der Waals surface area (Å²) in [4.78, 5) is 33.8. The number of ether oxygens (including phenoxy) is 1. The summed E-state index contributed by atoms with van der Waals surface area (Å²) in [5.41, 5.74) is 5.71. The van der Waals surface area contributed by atoms with Gasteiger partial charge in [-0.3, -0.25) is 9.59 Å². The number of hydrogen-bond acceptors (Lipinski definition) is 5. The molecule has 1 aliphatic heterocycles. The van der Waals surface area contributed by atoms with Crippen molar-refractivity contribution in [3.63, 3.8) is 0 Å². The molecule has 1 unspecified atom stereocenters. The van der Waals surface area contributed by atoms with Crippen molar-refractivity contribution < 1.29 is 24.2 Å². The van der Waals surface area contributed by atoms with Crippen LogP contribution in [-0.2, 0) is 14.4 Å². The number of hydrogen-bond donors (Lipinski definition) is 4. The molecular weight excluding hydrogens is 278 g/mol. The summed E-state index contributed by atoms with van der Waals surface area (Å²) in [6, 6.07) is 5.71. The van der Waals surface area contributed by atoms with Crippen LogP contribution in [0.4, 0.5) is 5.69 Å². The van der Waals surface area contributed by atoms with E-state index in [1.165, 1.54) is 0 Å². The van der Waals surface area contributed by atoms with Crippen molar-refractivity contribution in [1.82, 2.24) is 5.32 Å². The first-order chi connectivity index (χ1) is 9.97. The Morgan fingerprint density at radius 2 is 2.14 bits per heavy atom. The fourth-order valence-corrected chi connectivity index (χ4v) is 1.93. The second-order valence-electron chi connectivity index (χ2n) is 4.55. The number of para-hydroxylation sites is 2. The minimum absolute atomic E-state index is 0.200. The lowest BCUT2D eigenvalue weighted by atomic mass is 10.1. The number of rotatable bonds is 5. The first-order valence-corrected chi connectivity index (χ1v) is 6.28. The van der Waals surface area contributed by atoms with Crippen molar-refractivity contribution in [2.24, 2.45) is 5.73 Å². The van der Waals surface area contributed by atoms with Crippen LogP contribution in [0.3, 0.4) is 0 Å². The number of fused-ring (bicyclic) bond motifs is 1. The molecule has 0 spiro atoms. The highest BCUT2D eigenvalue weighted by Gasteiger charge is 2.30. The summed E-state index contributed by atoms with van der Waals surface area (Å²) in [5, 5.41) is 14.2. The first-order valence-electron chi connectivity index (χ1n) is 6.28. The summed E-state index contributed by atoms with van der Waals surface area (Å²) < 4.78 is 5.50. The smallest absolute Gasteiger partial charge is 0.326 e. The second-order valence-corrected chi connectivity index (χ2v) is 4.55. The minimum Gasteiger partial charge on any atom is -0.480 e. The van der Waals surface area contributed by atoms with Gasteiger partial charge in [0.1, 0.15) is 11.8 Å². The number of nitrogens with two attached hydrogens (primary N) is 1. The normalized spacial score (nSPS) is 17.6. The molecule has 21 heavy (non-hydrogen) atoms. The van der Waals surface area contributed by atoms with Gasteiger partial charge in [-0.2, -0.15) is 0 Å². The maximum atomic E-state index is 12.0. The maximum Gasteiger partial charge on any atom is 0.326 e. The minimum atomic E-state index is -1.37. The average Bonchev–Trinajstić information content (AvgIpc) is 2.45. The van der Waals surface area contributed by atoms with Crippen LogP contribution >= 0.6 is 0 Å². The van der Waals surface area contributed by atoms with Crippen LogP contribution in [0.5, 0.6) is 5.75 Å². The Labute approximate surface area is 120 Å². The van der Waals surface area contributed by atoms with Gasteiger partial charge in [0.25, 0.3) is 5.91 Å². The zero-order chi connectivity index (χ0) is 15.4. The van der Waals surface area contributed by atoms with Crippen molar-refractivity contribution in [1.29, 1.82) is 0 Å². The molecule has 1 aromatic carbocycles. The van der Waals surface area contributed by atoms with E-state index in [0.717, 1.165) is 5.69 Å². The molecule has 2 amide bonds. The zero-order valence-electron chi connectivity index (χ0n) is 11.0. The lowest BCUT2D eigenvalue weighted by Gasteiger charge is -2.27. The monoisotopic (exact) mass is 293 g/mol. The topological polar surface area (TPSA) is 131 Å². The van der Waals surface area contributed by atoms with E-state index < -0.39 is 36.4 Å². The fourth-order valence-electron chi connectivity index (χ4n) is 1.93. The van der Waals surface area contributed by atoms with Crippen LogP contribution in [0.15, 0.2) is 24.3 Å². The molecule has 0 saturated carbocycles. The predicted molar refractivity (Wildman–Crippen MR) is 72.7 cm³/mol. The van der Waals surface area contributed by atoms with E-state index in [0.29, 0.717) is 5.75 Å². The number of primary amides is 1. The highest BCUT2D eigenvalue weighted by Crippen LogP contribution is 2.28. The number of aliphatic carboxylic acids is 1. The number of amides is 2. The molecule has 0 fully saturated rings. The Morgan fingerprint density at radius 1 is 1.43 bits per heavy atom. The first kappa shape index (κ1) is 14.6. The highest BCUT2D eigenvalue weighted by molar-refractivity contribution is 5.90. The van der Waals surface area contributed by atoms with E-state index in [1.807, 2.05) is 6.07 Å².